The predicted octanol–water partition coefficient (Wildman–Crippen LogP) is 17.3. The second kappa shape index (κ2) is 15.3. The minimum absolute atomic E-state index is 0.843. The Bertz CT molecular complexity index is 3620. The lowest BCUT2D eigenvalue weighted by atomic mass is 9.87. The van der Waals surface area contributed by atoms with E-state index in [1.807, 2.05) is 18.2 Å². The lowest BCUT2D eigenvalue weighted by molar-refractivity contribution is 0.669. The third-order valence-electron chi connectivity index (χ3n) is 12.3. The summed E-state index contributed by atoms with van der Waals surface area (Å²) in [7, 11) is 0. The summed E-state index contributed by atoms with van der Waals surface area (Å²) in [6.45, 7) is 0. The zero-order valence-corrected chi connectivity index (χ0v) is 34.3. The monoisotopic (exact) mass is 805 g/mol. The fourth-order valence-electron chi connectivity index (χ4n) is 9.41. The summed E-state index contributed by atoms with van der Waals surface area (Å²) in [4.78, 5) is 2.40. The van der Waals surface area contributed by atoms with Crippen LogP contribution in [-0.4, -0.2) is 0 Å². The maximum Gasteiger partial charge on any atom is 0.143 e. The molecule has 0 saturated carbocycles. The van der Waals surface area contributed by atoms with E-state index in [-0.39, 0.29) is 0 Å². The van der Waals surface area contributed by atoms with Crippen LogP contribution >= 0.6 is 0 Å². The summed E-state index contributed by atoms with van der Waals surface area (Å²) in [5, 5.41) is 4.38. The molecular weight excluding hydrogens is 767 g/mol. The zero-order valence-electron chi connectivity index (χ0n) is 34.3. The molecule has 0 amide bonds. The second-order valence-electron chi connectivity index (χ2n) is 16.0. The van der Waals surface area contributed by atoms with E-state index in [2.05, 4.69) is 223 Å². The van der Waals surface area contributed by atoms with Gasteiger partial charge in [0.25, 0.3) is 0 Å². The van der Waals surface area contributed by atoms with Gasteiger partial charge < -0.3 is 13.7 Å². The lowest BCUT2D eigenvalue weighted by Gasteiger charge is -2.29. The van der Waals surface area contributed by atoms with Gasteiger partial charge in [-0.15, -0.1) is 0 Å². The van der Waals surface area contributed by atoms with Crippen molar-refractivity contribution in [1.29, 1.82) is 0 Å². The Labute approximate surface area is 365 Å². The van der Waals surface area contributed by atoms with Crippen molar-refractivity contribution in [3.8, 4) is 55.6 Å². The smallest absolute Gasteiger partial charge is 0.143 e. The molecule has 0 atom stereocenters. The molecule has 0 unspecified atom stereocenters. The molecule has 10 aromatic carbocycles. The van der Waals surface area contributed by atoms with Crippen LogP contribution in [0.4, 0.5) is 17.1 Å². The highest BCUT2D eigenvalue weighted by molar-refractivity contribution is 6.14. The van der Waals surface area contributed by atoms with Gasteiger partial charge in [-0.25, -0.2) is 0 Å². The molecule has 0 aliphatic heterocycles. The number of hydrogen-bond donors (Lipinski definition) is 0. The third-order valence-corrected chi connectivity index (χ3v) is 12.3. The number of fused-ring (bicyclic) bond motifs is 6. The maximum absolute atomic E-state index is 6.52. The summed E-state index contributed by atoms with van der Waals surface area (Å²) in [5.74, 6) is 0. The molecule has 0 bridgehead atoms. The van der Waals surface area contributed by atoms with Crippen molar-refractivity contribution in [2.45, 2.75) is 0 Å². The van der Waals surface area contributed by atoms with Gasteiger partial charge in [-0.3, -0.25) is 0 Å². The van der Waals surface area contributed by atoms with Gasteiger partial charge in [0.05, 0.1) is 16.8 Å². The van der Waals surface area contributed by atoms with Gasteiger partial charge in [-0.1, -0.05) is 188 Å². The van der Waals surface area contributed by atoms with Crippen LogP contribution in [0.2, 0.25) is 0 Å². The Hall–Kier alpha value is -8.40. The Balaban J connectivity index is 1.07. The third kappa shape index (κ3) is 6.29. The first kappa shape index (κ1) is 36.5. The van der Waals surface area contributed by atoms with E-state index >= 15 is 0 Å². The Kier molecular flexibility index (Phi) is 8.83. The van der Waals surface area contributed by atoms with Crippen LogP contribution in [0, 0.1) is 0 Å². The Morgan fingerprint density at radius 2 is 0.794 bits per heavy atom. The number of hydrogen-bond acceptors (Lipinski definition) is 3. The lowest BCUT2D eigenvalue weighted by Crippen LogP contribution is -2.11. The molecule has 0 saturated heterocycles. The van der Waals surface area contributed by atoms with Crippen LogP contribution in [0.5, 0.6) is 0 Å². The van der Waals surface area contributed by atoms with E-state index in [1.54, 1.807) is 0 Å². The molecule has 0 spiro atoms. The minimum Gasteiger partial charge on any atom is -0.456 e. The number of furan rings is 2. The Morgan fingerprint density at radius 1 is 0.270 bits per heavy atom. The standard InChI is InChI=1S/C60H39NO2/c1-3-17-40(18-4-1)43-35-38-45(41-19-5-2-6-20-41)53(39-43)48-22-8-7-21-47(48)49-23-9-12-28-54(49)61(55-29-16-32-58-59(55)52-25-11-14-31-57(52)62-58)44-36-33-42(34-37-44)46-26-15-27-51-50-24-10-13-30-56(50)63-60(46)51/h1-39H. The van der Waals surface area contributed by atoms with Gasteiger partial charge >= 0.3 is 0 Å². The molecule has 63 heavy (non-hydrogen) atoms. The van der Waals surface area contributed by atoms with Crippen LogP contribution < -0.4 is 4.90 Å². The van der Waals surface area contributed by atoms with Gasteiger partial charge in [-0.2, -0.15) is 0 Å². The van der Waals surface area contributed by atoms with Crippen molar-refractivity contribution in [2.24, 2.45) is 0 Å². The minimum atomic E-state index is 0.843. The summed E-state index contributed by atoms with van der Waals surface area (Å²) >= 11 is 0. The fraction of sp³-hybridized carbons (Fsp3) is 0. The normalized spacial score (nSPS) is 11.5. The number of nitrogens with zero attached hydrogens (tertiary/aromatic N) is 1. The largest absolute Gasteiger partial charge is 0.456 e. The first-order valence-electron chi connectivity index (χ1n) is 21.4. The SMILES string of the molecule is c1ccc(-c2ccc(-c3ccccc3)c(-c3ccccc3-c3ccccc3N(c3ccc(-c4cccc5c4oc4ccccc45)cc3)c3cccc4oc5ccccc5c34)c2)cc1. The predicted molar refractivity (Wildman–Crippen MR) is 263 cm³/mol. The van der Waals surface area contributed by atoms with Crippen molar-refractivity contribution in [3.05, 3.63) is 237 Å². The molecule has 2 heterocycles. The fourth-order valence-corrected chi connectivity index (χ4v) is 9.41. The molecule has 0 N–H and O–H groups in total. The Morgan fingerprint density at radius 3 is 1.57 bits per heavy atom. The van der Waals surface area contributed by atoms with E-state index in [1.165, 1.54) is 27.8 Å². The van der Waals surface area contributed by atoms with E-state index in [0.29, 0.717) is 0 Å². The zero-order chi connectivity index (χ0) is 41.7. The molecule has 12 rings (SSSR count). The van der Waals surface area contributed by atoms with Crippen LogP contribution in [0.15, 0.2) is 245 Å². The van der Waals surface area contributed by atoms with E-state index < -0.39 is 0 Å². The summed E-state index contributed by atoms with van der Waals surface area (Å²) < 4.78 is 13.0. The number of rotatable bonds is 8. The summed E-state index contributed by atoms with van der Waals surface area (Å²) in [5.41, 5.74) is 18.0. The molecule has 0 aliphatic carbocycles. The summed E-state index contributed by atoms with van der Waals surface area (Å²) in [6, 6.07) is 84.2. The molecule has 0 fully saturated rings. The molecule has 12 aromatic rings. The number of para-hydroxylation sites is 4. The van der Waals surface area contributed by atoms with Gasteiger partial charge in [-0.05, 0) is 93.0 Å². The molecule has 0 aliphatic rings. The van der Waals surface area contributed by atoms with Crippen LogP contribution in [0.1, 0.15) is 0 Å². The van der Waals surface area contributed by atoms with Gasteiger partial charge in [0.2, 0.25) is 0 Å². The first-order chi connectivity index (χ1) is 31.3. The van der Waals surface area contributed by atoms with E-state index in [0.717, 1.165) is 88.8 Å². The van der Waals surface area contributed by atoms with Crippen molar-refractivity contribution in [2.75, 3.05) is 4.90 Å². The highest BCUT2D eigenvalue weighted by Crippen LogP contribution is 2.49. The topological polar surface area (TPSA) is 29.5 Å². The number of benzene rings is 10. The summed E-state index contributed by atoms with van der Waals surface area (Å²) in [6.07, 6.45) is 0. The van der Waals surface area contributed by atoms with Gasteiger partial charge in [0.15, 0.2) is 0 Å². The van der Waals surface area contributed by atoms with Crippen LogP contribution in [-0.2, 0) is 0 Å². The van der Waals surface area contributed by atoms with Crippen molar-refractivity contribution in [3.63, 3.8) is 0 Å². The maximum atomic E-state index is 6.52. The average Bonchev–Trinajstić information content (AvgIpc) is 3.94. The second-order valence-corrected chi connectivity index (χ2v) is 16.0. The highest BCUT2D eigenvalue weighted by atomic mass is 16.3. The van der Waals surface area contributed by atoms with Crippen molar-refractivity contribution in [1.82, 2.24) is 0 Å². The van der Waals surface area contributed by atoms with E-state index in [9.17, 15) is 0 Å². The van der Waals surface area contributed by atoms with E-state index in [4.69, 9.17) is 8.83 Å². The van der Waals surface area contributed by atoms with Crippen LogP contribution in [0.25, 0.3) is 99.5 Å². The first-order valence-corrected chi connectivity index (χ1v) is 21.4. The highest BCUT2D eigenvalue weighted by Gasteiger charge is 2.24. The van der Waals surface area contributed by atoms with Gasteiger partial charge in [0, 0.05) is 33.0 Å². The van der Waals surface area contributed by atoms with Gasteiger partial charge in [0.1, 0.15) is 22.3 Å². The molecule has 0 radical (unpaired) electrons. The molecule has 296 valence electrons. The molecule has 2 aromatic heterocycles. The van der Waals surface area contributed by atoms with Crippen LogP contribution in [0.3, 0.4) is 0 Å². The molecular formula is C60H39NO2. The van der Waals surface area contributed by atoms with Crippen molar-refractivity contribution >= 4 is 60.9 Å². The molecule has 3 nitrogen and oxygen atoms in total. The average molecular weight is 806 g/mol. The molecule has 3 heteroatoms. The number of anilines is 3. The van der Waals surface area contributed by atoms with Crippen molar-refractivity contribution < 1.29 is 8.83 Å². The quantitative estimate of drug-likeness (QED) is 0.153.